The summed E-state index contributed by atoms with van der Waals surface area (Å²) in [5, 5.41) is 21.6. The van der Waals surface area contributed by atoms with Gasteiger partial charge in [0, 0.05) is 36.1 Å². The molecule has 2 bridgehead atoms. The number of aliphatic hydroxyl groups is 1. The van der Waals surface area contributed by atoms with Crippen molar-refractivity contribution in [3.8, 4) is 0 Å². The molecule has 2 N–H and O–H groups in total. The monoisotopic (exact) mass is 564 g/mol. The number of thiophene rings is 2. The number of hydrogen-bond donors (Lipinski definition) is 2. The predicted molar refractivity (Wildman–Crippen MR) is 125 cm³/mol. The second-order valence-electron chi connectivity index (χ2n) is 8.79. The summed E-state index contributed by atoms with van der Waals surface area (Å²) in [7, 11) is 0. The number of piperidine rings is 3. The van der Waals surface area contributed by atoms with Gasteiger partial charge in [0.05, 0.1) is 13.1 Å². The van der Waals surface area contributed by atoms with Gasteiger partial charge in [0.1, 0.15) is 18.7 Å². The Morgan fingerprint density at radius 3 is 2.38 bits per heavy atom. The molecule has 3 aromatic rings. The third kappa shape index (κ3) is 4.80. The highest BCUT2D eigenvalue weighted by Crippen LogP contribution is 2.39. The van der Waals surface area contributed by atoms with Crippen molar-refractivity contribution in [1.82, 2.24) is 9.97 Å². The number of carbonyl (C=O) groups is 2. The topological polar surface area (TPSA) is 101 Å². The normalized spacial score (nSPS) is 23.7. The van der Waals surface area contributed by atoms with E-state index in [9.17, 15) is 14.7 Å². The Balaban J connectivity index is 0.00000274. The van der Waals surface area contributed by atoms with Gasteiger partial charge in [0.25, 0.3) is 5.91 Å². The Bertz CT molecular complexity index is 1070. The fourth-order valence-electron chi connectivity index (χ4n) is 4.99. The molecule has 3 aromatic heterocycles. The molecular weight excluding hydrogens is 540 g/mol. The molecule has 6 heterocycles. The smallest absolute Gasteiger partial charge is 0.348 e. The maximum Gasteiger partial charge on any atom is 0.348 e. The molecule has 3 aliphatic rings. The number of aromatic nitrogens is 2. The molecule has 0 aliphatic carbocycles. The number of rotatable bonds is 7. The zero-order chi connectivity index (χ0) is 22.9. The maximum absolute atomic E-state index is 13.4. The lowest BCUT2D eigenvalue weighted by Gasteiger charge is -2.51. The molecule has 1 atom stereocenters. The van der Waals surface area contributed by atoms with Crippen molar-refractivity contribution < 1.29 is 40.9 Å². The van der Waals surface area contributed by atoms with Gasteiger partial charge in [-0.1, -0.05) is 0 Å². The lowest BCUT2D eigenvalue weighted by Crippen LogP contribution is -3.00. The first kappa shape index (κ1) is 24.9. The van der Waals surface area contributed by atoms with Crippen LogP contribution in [0.1, 0.15) is 24.0 Å². The van der Waals surface area contributed by atoms with Gasteiger partial charge >= 0.3 is 5.97 Å². The van der Waals surface area contributed by atoms with E-state index in [1.807, 2.05) is 10.8 Å². The molecule has 1 amide bonds. The summed E-state index contributed by atoms with van der Waals surface area (Å²) >= 11 is 2.85. The molecule has 0 spiro atoms. The van der Waals surface area contributed by atoms with Gasteiger partial charge in [-0.05, 0) is 39.7 Å². The van der Waals surface area contributed by atoms with Crippen molar-refractivity contribution in [3.63, 3.8) is 0 Å². The van der Waals surface area contributed by atoms with Gasteiger partial charge in [0.15, 0.2) is 12.6 Å². The number of quaternary nitrogens is 1. The van der Waals surface area contributed by atoms with Crippen molar-refractivity contribution in [1.29, 1.82) is 0 Å². The zero-order valence-electron chi connectivity index (χ0n) is 18.3. The number of carbonyl (C=O) groups excluding carboxylic acids is 2. The number of fused-ring (bicyclic) bond motifs is 3. The second-order valence-corrected chi connectivity index (χ2v) is 10.3. The summed E-state index contributed by atoms with van der Waals surface area (Å²) in [6.07, 6.45) is 4.41. The SMILES string of the molecule is O=C(C[N+]12CCC(CC1)[C@@H](OC(=O)C(O)(c1ccsc1)c1ccsc1)C2)Nc1ccncn1.[Br-]. The standard InChI is InChI=1S/C23H24N4O4S2.BrH/c28-21(26-20-1-6-24-15-25-20)12-27-7-2-16(3-8-27)19(11-27)31-22(29)23(30,17-4-9-32-13-17)18-5-10-33-14-18;/h1,4-6,9-10,13-16,19,30H,2-3,7-8,11-12H2;1H/t16?,19-,27?;/m0./s1. The van der Waals surface area contributed by atoms with Gasteiger partial charge in [-0.15, -0.1) is 0 Å². The van der Waals surface area contributed by atoms with Crippen LogP contribution >= 0.6 is 22.7 Å². The summed E-state index contributed by atoms with van der Waals surface area (Å²) in [4.78, 5) is 34.1. The van der Waals surface area contributed by atoms with Crippen LogP contribution in [0.4, 0.5) is 5.82 Å². The highest BCUT2D eigenvalue weighted by Gasteiger charge is 2.51. The van der Waals surface area contributed by atoms with Crippen molar-refractivity contribution in [3.05, 3.63) is 63.4 Å². The van der Waals surface area contributed by atoms with E-state index in [2.05, 4.69) is 15.3 Å². The van der Waals surface area contributed by atoms with Gasteiger partial charge in [0.2, 0.25) is 5.60 Å². The van der Waals surface area contributed by atoms with E-state index in [0.717, 1.165) is 25.9 Å². The van der Waals surface area contributed by atoms with Gasteiger partial charge in [-0.2, -0.15) is 22.7 Å². The van der Waals surface area contributed by atoms with Crippen molar-refractivity contribution in [2.75, 3.05) is 31.5 Å². The first-order chi connectivity index (χ1) is 16.0. The Kier molecular flexibility index (Phi) is 7.48. The Hall–Kier alpha value is -2.18. The molecule has 8 nitrogen and oxygen atoms in total. The van der Waals surface area contributed by atoms with Crippen LogP contribution in [0, 0.1) is 5.92 Å². The lowest BCUT2D eigenvalue weighted by molar-refractivity contribution is -0.939. The molecule has 11 heteroatoms. The average molecular weight is 566 g/mol. The minimum atomic E-state index is -1.83. The van der Waals surface area contributed by atoms with Crippen LogP contribution in [-0.4, -0.2) is 63.7 Å². The number of ether oxygens (including phenoxy) is 1. The number of halogens is 1. The Labute approximate surface area is 216 Å². The van der Waals surface area contributed by atoms with E-state index in [1.165, 1.54) is 29.0 Å². The molecule has 0 saturated carbocycles. The molecular formula is C23H25BrN4O4S2. The molecule has 0 aromatic carbocycles. The molecule has 34 heavy (non-hydrogen) atoms. The number of hydrogen-bond acceptors (Lipinski definition) is 8. The number of nitrogens with one attached hydrogen (secondary N) is 1. The zero-order valence-corrected chi connectivity index (χ0v) is 21.5. The van der Waals surface area contributed by atoms with E-state index >= 15 is 0 Å². The summed E-state index contributed by atoms with van der Waals surface area (Å²) < 4.78 is 6.59. The van der Waals surface area contributed by atoms with Crippen LogP contribution in [0.5, 0.6) is 0 Å². The number of amides is 1. The highest BCUT2D eigenvalue weighted by atomic mass is 79.9. The highest BCUT2D eigenvalue weighted by molar-refractivity contribution is 7.08. The third-order valence-electron chi connectivity index (χ3n) is 6.80. The van der Waals surface area contributed by atoms with E-state index < -0.39 is 11.6 Å². The van der Waals surface area contributed by atoms with Crippen LogP contribution in [0.25, 0.3) is 0 Å². The minimum Gasteiger partial charge on any atom is -1.00 e. The summed E-state index contributed by atoms with van der Waals surface area (Å²) in [5.74, 6) is -0.0541. The van der Waals surface area contributed by atoms with Crippen LogP contribution in [0.2, 0.25) is 0 Å². The Morgan fingerprint density at radius 2 is 1.82 bits per heavy atom. The summed E-state index contributed by atoms with van der Waals surface area (Å²) in [6, 6.07) is 5.16. The van der Waals surface area contributed by atoms with Crippen LogP contribution in [0.15, 0.2) is 52.2 Å². The quantitative estimate of drug-likeness (QED) is 0.300. The summed E-state index contributed by atoms with van der Waals surface area (Å²) in [5.41, 5.74) is -0.795. The number of anilines is 1. The molecule has 3 fully saturated rings. The lowest BCUT2D eigenvalue weighted by atomic mass is 9.82. The molecule has 180 valence electrons. The average Bonchev–Trinajstić information content (AvgIpc) is 3.54. The van der Waals surface area contributed by atoms with Crippen LogP contribution < -0.4 is 22.3 Å². The fraction of sp³-hybridized carbons (Fsp3) is 0.391. The van der Waals surface area contributed by atoms with Crippen molar-refractivity contribution in [2.45, 2.75) is 24.5 Å². The molecule has 3 saturated heterocycles. The van der Waals surface area contributed by atoms with Crippen LogP contribution in [-0.2, 0) is 19.9 Å². The van der Waals surface area contributed by atoms with E-state index in [1.54, 1.807) is 35.2 Å². The third-order valence-corrected chi connectivity index (χ3v) is 8.17. The fourth-order valence-corrected chi connectivity index (χ4v) is 6.39. The predicted octanol–water partition coefficient (Wildman–Crippen LogP) is -0.370. The summed E-state index contributed by atoms with van der Waals surface area (Å²) in [6.45, 7) is 2.60. The van der Waals surface area contributed by atoms with E-state index in [0.29, 0.717) is 34.5 Å². The minimum absolute atomic E-state index is 0. The van der Waals surface area contributed by atoms with Gasteiger partial charge in [-0.25, -0.2) is 14.8 Å². The van der Waals surface area contributed by atoms with Crippen molar-refractivity contribution in [2.24, 2.45) is 5.92 Å². The van der Waals surface area contributed by atoms with Gasteiger partial charge < -0.3 is 36.6 Å². The molecule has 0 radical (unpaired) electrons. The Morgan fingerprint density at radius 1 is 1.15 bits per heavy atom. The largest absolute Gasteiger partial charge is 1.00 e. The molecule has 6 rings (SSSR count). The van der Waals surface area contributed by atoms with E-state index in [-0.39, 0.29) is 34.9 Å². The van der Waals surface area contributed by atoms with Crippen molar-refractivity contribution >= 4 is 40.4 Å². The first-order valence-electron chi connectivity index (χ1n) is 10.9. The number of nitrogens with zero attached hydrogens (tertiary/aromatic N) is 3. The van der Waals surface area contributed by atoms with Crippen LogP contribution in [0.3, 0.4) is 0 Å². The number of esters is 1. The van der Waals surface area contributed by atoms with E-state index in [4.69, 9.17) is 4.74 Å². The second kappa shape index (κ2) is 10.2. The molecule has 0 unspecified atom stereocenters. The first-order valence-corrected chi connectivity index (χ1v) is 12.8. The maximum atomic E-state index is 13.4. The van der Waals surface area contributed by atoms with Gasteiger partial charge in [-0.3, -0.25) is 4.79 Å². The molecule has 3 aliphatic heterocycles.